The van der Waals surface area contributed by atoms with Gasteiger partial charge in [0, 0.05) is 38.4 Å². The highest BCUT2D eigenvalue weighted by molar-refractivity contribution is 6.32. The average molecular weight is 431 g/mol. The topological polar surface area (TPSA) is 82.0 Å². The van der Waals surface area contributed by atoms with E-state index in [1.165, 1.54) is 11.6 Å². The summed E-state index contributed by atoms with van der Waals surface area (Å²) in [5.74, 6) is -0.780. The number of aromatic hydroxyl groups is 2. The minimum Gasteiger partial charge on any atom is -0.507 e. The van der Waals surface area contributed by atoms with Gasteiger partial charge in [-0.1, -0.05) is 35.9 Å². The van der Waals surface area contributed by atoms with Crippen LogP contribution >= 0.6 is 11.6 Å². The maximum absolute atomic E-state index is 13.1. The van der Waals surface area contributed by atoms with Crippen molar-refractivity contribution in [3.63, 3.8) is 0 Å². The van der Waals surface area contributed by atoms with Gasteiger partial charge in [0.1, 0.15) is 11.5 Å². The molecule has 160 valence electrons. The Bertz CT molecular complexity index is 897. The SMILES string of the molecule is O=C(c1cc(Cl)c(O)cc1O)N1CCCC1c1ccc(CNC2CCOCC2)cc1. The molecule has 30 heavy (non-hydrogen) atoms. The van der Waals surface area contributed by atoms with E-state index < -0.39 is 0 Å². The number of ether oxygens (including phenoxy) is 1. The Morgan fingerprint density at radius 3 is 2.57 bits per heavy atom. The molecule has 2 saturated heterocycles. The van der Waals surface area contributed by atoms with Crippen molar-refractivity contribution in [3.05, 3.63) is 58.1 Å². The van der Waals surface area contributed by atoms with Crippen LogP contribution in [0.15, 0.2) is 36.4 Å². The second-order valence-corrected chi connectivity index (χ2v) is 8.39. The molecule has 2 aliphatic heterocycles. The van der Waals surface area contributed by atoms with E-state index in [4.69, 9.17) is 16.3 Å². The molecule has 6 nitrogen and oxygen atoms in total. The lowest BCUT2D eigenvalue weighted by molar-refractivity contribution is 0.0732. The van der Waals surface area contributed by atoms with Gasteiger partial charge in [-0.25, -0.2) is 0 Å². The van der Waals surface area contributed by atoms with Gasteiger partial charge >= 0.3 is 0 Å². The Morgan fingerprint density at radius 2 is 1.83 bits per heavy atom. The van der Waals surface area contributed by atoms with E-state index >= 15 is 0 Å². The Hall–Kier alpha value is -2.28. The monoisotopic (exact) mass is 430 g/mol. The fraction of sp³-hybridized carbons (Fsp3) is 0.435. The van der Waals surface area contributed by atoms with Gasteiger partial charge in [-0.2, -0.15) is 0 Å². The number of amides is 1. The predicted octanol–water partition coefficient (Wildman–Crippen LogP) is 4.00. The molecule has 2 aliphatic rings. The molecular formula is C23H27ClN2O4. The Balaban J connectivity index is 1.44. The molecule has 2 aromatic rings. The van der Waals surface area contributed by atoms with Crippen LogP contribution in [0, 0.1) is 0 Å². The lowest BCUT2D eigenvalue weighted by atomic mass is 10.0. The highest BCUT2D eigenvalue weighted by Crippen LogP contribution is 2.37. The van der Waals surface area contributed by atoms with Crippen LogP contribution in [0.25, 0.3) is 0 Å². The molecule has 0 radical (unpaired) electrons. The number of likely N-dealkylation sites (tertiary alicyclic amines) is 1. The molecule has 0 aliphatic carbocycles. The first-order valence-corrected chi connectivity index (χ1v) is 10.8. The smallest absolute Gasteiger partial charge is 0.258 e. The molecule has 1 atom stereocenters. The molecule has 0 spiro atoms. The number of carbonyl (C=O) groups excluding carboxylic acids is 1. The fourth-order valence-corrected chi connectivity index (χ4v) is 4.42. The lowest BCUT2D eigenvalue weighted by Crippen LogP contribution is -2.34. The van der Waals surface area contributed by atoms with Gasteiger partial charge in [0.05, 0.1) is 16.6 Å². The minimum absolute atomic E-state index is 0.0398. The van der Waals surface area contributed by atoms with Crippen LogP contribution in [-0.2, 0) is 11.3 Å². The lowest BCUT2D eigenvalue weighted by Gasteiger charge is -2.26. The van der Waals surface area contributed by atoms with Crippen molar-refractivity contribution < 1.29 is 19.7 Å². The summed E-state index contributed by atoms with van der Waals surface area (Å²) in [6.45, 7) is 3.08. The summed E-state index contributed by atoms with van der Waals surface area (Å²) in [4.78, 5) is 14.8. The second kappa shape index (κ2) is 9.25. The van der Waals surface area contributed by atoms with Gasteiger partial charge in [0.25, 0.3) is 5.91 Å². The molecule has 1 unspecified atom stereocenters. The van der Waals surface area contributed by atoms with Crippen LogP contribution in [-0.4, -0.2) is 46.8 Å². The molecule has 2 aromatic carbocycles. The number of hydrogen-bond acceptors (Lipinski definition) is 5. The number of nitrogens with one attached hydrogen (secondary N) is 1. The first-order chi connectivity index (χ1) is 14.5. The van der Waals surface area contributed by atoms with Crippen molar-refractivity contribution in [2.24, 2.45) is 0 Å². The molecule has 1 amide bonds. The standard InChI is InChI=1S/C23H27ClN2O4/c24-19-12-18(21(27)13-22(19)28)23(29)26-9-1-2-20(26)16-5-3-15(4-6-16)14-25-17-7-10-30-11-8-17/h3-6,12-13,17,20,25,27-28H,1-2,7-11,14H2. The molecular weight excluding hydrogens is 404 g/mol. The number of hydrogen-bond donors (Lipinski definition) is 3. The number of nitrogens with zero attached hydrogens (tertiary/aromatic N) is 1. The summed E-state index contributed by atoms with van der Waals surface area (Å²) < 4.78 is 5.40. The zero-order valence-corrected chi connectivity index (χ0v) is 17.6. The van der Waals surface area contributed by atoms with E-state index in [1.54, 1.807) is 4.90 Å². The molecule has 0 aromatic heterocycles. The first kappa shape index (κ1) is 21.0. The van der Waals surface area contributed by atoms with Gasteiger partial charge in [0.15, 0.2) is 0 Å². The van der Waals surface area contributed by atoms with E-state index in [2.05, 4.69) is 29.6 Å². The number of halogens is 1. The van der Waals surface area contributed by atoms with Crippen LogP contribution in [0.1, 0.15) is 53.2 Å². The number of phenols is 2. The normalized spacial score (nSPS) is 19.9. The van der Waals surface area contributed by atoms with Crippen LogP contribution in [0.4, 0.5) is 0 Å². The number of phenolic OH excluding ortho intramolecular Hbond substituents is 2. The predicted molar refractivity (Wildman–Crippen MR) is 115 cm³/mol. The quantitative estimate of drug-likeness (QED) is 0.668. The van der Waals surface area contributed by atoms with E-state index in [0.717, 1.165) is 57.1 Å². The Labute approximate surface area is 181 Å². The molecule has 3 N–H and O–H groups in total. The summed E-state index contributed by atoms with van der Waals surface area (Å²) in [7, 11) is 0. The second-order valence-electron chi connectivity index (χ2n) is 7.99. The van der Waals surface area contributed by atoms with E-state index in [9.17, 15) is 15.0 Å². The number of rotatable bonds is 5. The zero-order valence-electron chi connectivity index (χ0n) is 16.8. The number of carbonyl (C=O) groups is 1. The van der Waals surface area contributed by atoms with Crippen molar-refractivity contribution in [2.75, 3.05) is 19.8 Å². The molecule has 0 saturated carbocycles. The third-order valence-electron chi connectivity index (χ3n) is 5.99. The highest BCUT2D eigenvalue weighted by Gasteiger charge is 2.32. The summed E-state index contributed by atoms with van der Waals surface area (Å²) in [6, 6.07) is 11.3. The summed E-state index contributed by atoms with van der Waals surface area (Å²) in [6.07, 6.45) is 3.87. The van der Waals surface area contributed by atoms with Crippen molar-refractivity contribution in [1.29, 1.82) is 0 Å². The van der Waals surface area contributed by atoms with Gasteiger partial charge in [-0.15, -0.1) is 0 Å². The number of benzene rings is 2. The average Bonchev–Trinajstić information content (AvgIpc) is 3.25. The Kier molecular flexibility index (Phi) is 6.46. The molecule has 2 heterocycles. The zero-order chi connectivity index (χ0) is 21.1. The highest BCUT2D eigenvalue weighted by atomic mass is 35.5. The first-order valence-electron chi connectivity index (χ1n) is 10.5. The van der Waals surface area contributed by atoms with Crippen molar-refractivity contribution in [1.82, 2.24) is 10.2 Å². The van der Waals surface area contributed by atoms with Crippen LogP contribution in [0.5, 0.6) is 11.5 Å². The molecule has 2 fully saturated rings. The summed E-state index contributed by atoms with van der Waals surface area (Å²) >= 11 is 5.95. The molecule has 0 bridgehead atoms. The van der Waals surface area contributed by atoms with Crippen LogP contribution < -0.4 is 5.32 Å². The third kappa shape index (κ3) is 4.56. The maximum Gasteiger partial charge on any atom is 0.258 e. The van der Waals surface area contributed by atoms with E-state index in [-0.39, 0.29) is 34.0 Å². The summed E-state index contributed by atoms with van der Waals surface area (Å²) in [5.41, 5.74) is 2.41. The molecule has 7 heteroatoms. The van der Waals surface area contributed by atoms with Crippen molar-refractivity contribution in [3.8, 4) is 11.5 Å². The van der Waals surface area contributed by atoms with Gasteiger partial charge < -0.3 is 25.2 Å². The largest absolute Gasteiger partial charge is 0.507 e. The molecule has 4 rings (SSSR count). The van der Waals surface area contributed by atoms with E-state index in [1.807, 2.05) is 0 Å². The van der Waals surface area contributed by atoms with Gasteiger partial charge in [0.2, 0.25) is 0 Å². The fourth-order valence-electron chi connectivity index (χ4n) is 4.25. The minimum atomic E-state index is -0.276. The van der Waals surface area contributed by atoms with Crippen molar-refractivity contribution >= 4 is 17.5 Å². The maximum atomic E-state index is 13.1. The van der Waals surface area contributed by atoms with Gasteiger partial charge in [-0.05, 0) is 42.9 Å². The van der Waals surface area contributed by atoms with Crippen LogP contribution in [0.3, 0.4) is 0 Å². The third-order valence-corrected chi connectivity index (χ3v) is 6.29. The summed E-state index contributed by atoms with van der Waals surface area (Å²) in [5, 5.41) is 23.4. The Morgan fingerprint density at radius 1 is 1.10 bits per heavy atom. The van der Waals surface area contributed by atoms with Crippen LogP contribution in [0.2, 0.25) is 5.02 Å². The van der Waals surface area contributed by atoms with E-state index in [0.29, 0.717) is 12.6 Å². The van der Waals surface area contributed by atoms with Gasteiger partial charge in [-0.3, -0.25) is 4.79 Å². The van der Waals surface area contributed by atoms with Crippen molar-refractivity contribution in [2.45, 2.75) is 44.3 Å².